The normalized spacial score (nSPS) is 23.9. The van der Waals surface area contributed by atoms with Gasteiger partial charge in [-0.15, -0.1) is 0 Å². The smallest absolute Gasteiger partial charge is 0.167 e. The van der Waals surface area contributed by atoms with Crippen molar-refractivity contribution in [2.75, 3.05) is 6.61 Å². The number of carbonyl (C=O) groups is 1. The van der Waals surface area contributed by atoms with Gasteiger partial charge in [-0.2, -0.15) is 0 Å². The summed E-state index contributed by atoms with van der Waals surface area (Å²) in [5, 5.41) is 0. The van der Waals surface area contributed by atoms with Crippen LogP contribution in [0.3, 0.4) is 0 Å². The Morgan fingerprint density at radius 2 is 2.56 bits per heavy atom. The van der Waals surface area contributed by atoms with Crippen molar-refractivity contribution in [1.29, 1.82) is 0 Å². The summed E-state index contributed by atoms with van der Waals surface area (Å²) in [6.07, 6.45) is 3.58. The van der Waals surface area contributed by atoms with Crippen molar-refractivity contribution in [2.24, 2.45) is 0 Å². The van der Waals surface area contributed by atoms with E-state index >= 15 is 0 Å². The minimum Gasteiger partial charge on any atom is -0.365 e. The Kier molecular flexibility index (Phi) is 2.22. The third-order valence-corrected chi connectivity index (χ3v) is 1.28. The fourth-order valence-electron chi connectivity index (χ4n) is 0.630. The molecule has 0 aliphatic carbocycles. The van der Waals surface area contributed by atoms with Gasteiger partial charge in [-0.3, -0.25) is 4.79 Å². The van der Waals surface area contributed by atoms with Gasteiger partial charge >= 0.3 is 0 Å². The summed E-state index contributed by atoms with van der Waals surface area (Å²) in [6.45, 7) is 2.69. The van der Waals surface area contributed by atoms with E-state index < -0.39 is 0 Å². The zero-order valence-electron chi connectivity index (χ0n) is 5.59. The van der Waals surface area contributed by atoms with E-state index in [4.69, 9.17) is 4.74 Å². The number of carbonyl (C=O) groups excluding carboxylic acids is 1. The van der Waals surface area contributed by atoms with Crippen molar-refractivity contribution in [3.05, 3.63) is 6.42 Å². The topological polar surface area (TPSA) is 29.6 Å². The molecule has 1 rings (SSSR count). The molecule has 0 N–H and O–H groups in total. The third-order valence-electron chi connectivity index (χ3n) is 1.28. The molecule has 1 unspecified atom stereocenters. The molecular weight excluding hydrogens is 116 g/mol. The molecule has 1 fully saturated rings. The van der Waals surface area contributed by atoms with Crippen LogP contribution in [0, 0.1) is 6.42 Å². The maximum absolute atomic E-state index is 10.8. The third kappa shape index (κ3) is 2.14. The van der Waals surface area contributed by atoms with Gasteiger partial charge in [0.05, 0.1) is 6.61 Å². The van der Waals surface area contributed by atoms with Gasteiger partial charge < -0.3 is 4.74 Å². The van der Waals surface area contributed by atoms with Crippen LogP contribution in [0.15, 0.2) is 0 Å². The van der Waals surface area contributed by atoms with Crippen LogP contribution in [0.2, 0.25) is 0 Å². The SMILES string of the molecule is CCC[CH]C(=O)C1CO1. The van der Waals surface area contributed by atoms with Gasteiger partial charge in [0.1, 0.15) is 6.10 Å². The Bertz CT molecular complexity index is 105. The Morgan fingerprint density at radius 1 is 1.89 bits per heavy atom. The summed E-state index contributed by atoms with van der Waals surface area (Å²) in [5.74, 6) is 0.164. The molecule has 0 spiro atoms. The number of ketones is 1. The highest BCUT2D eigenvalue weighted by molar-refractivity contribution is 5.92. The van der Waals surface area contributed by atoms with Crippen LogP contribution in [-0.4, -0.2) is 18.5 Å². The predicted octanol–water partition coefficient (Wildman–Crippen LogP) is 0.959. The number of hydrogen-bond acceptors (Lipinski definition) is 2. The molecule has 1 aliphatic heterocycles. The van der Waals surface area contributed by atoms with Crippen molar-refractivity contribution in [1.82, 2.24) is 0 Å². The van der Waals surface area contributed by atoms with Gasteiger partial charge in [-0.1, -0.05) is 13.3 Å². The standard InChI is InChI=1S/C7H11O2/c1-2-3-4-6(8)7-5-9-7/h4,7H,2-3,5H2,1H3. The van der Waals surface area contributed by atoms with E-state index in [0.717, 1.165) is 12.8 Å². The first-order valence-corrected chi connectivity index (χ1v) is 3.33. The zero-order valence-corrected chi connectivity index (χ0v) is 5.59. The van der Waals surface area contributed by atoms with Gasteiger partial charge in [-0.05, 0) is 6.42 Å². The van der Waals surface area contributed by atoms with E-state index in [9.17, 15) is 4.79 Å². The number of rotatable bonds is 4. The summed E-state index contributed by atoms with van der Waals surface area (Å²) in [5.41, 5.74) is 0. The Balaban J connectivity index is 2.03. The van der Waals surface area contributed by atoms with Crippen LogP contribution in [0.5, 0.6) is 0 Å². The lowest BCUT2D eigenvalue weighted by molar-refractivity contribution is -0.117. The van der Waals surface area contributed by atoms with Gasteiger partial charge in [0, 0.05) is 6.42 Å². The summed E-state index contributed by atoms with van der Waals surface area (Å²) < 4.78 is 4.79. The first kappa shape index (κ1) is 6.75. The largest absolute Gasteiger partial charge is 0.365 e. The quantitative estimate of drug-likeness (QED) is 0.526. The van der Waals surface area contributed by atoms with E-state index in [1.165, 1.54) is 0 Å². The van der Waals surface area contributed by atoms with Crippen LogP contribution >= 0.6 is 0 Å². The molecule has 2 nitrogen and oxygen atoms in total. The van der Waals surface area contributed by atoms with Crippen molar-refractivity contribution < 1.29 is 9.53 Å². The molecule has 0 bridgehead atoms. The molecule has 1 radical (unpaired) electrons. The lowest BCUT2D eigenvalue weighted by Gasteiger charge is -1.90. The van der Waals surface area contributed by atoms with Crippen molar-refractivity contribution in [3.8, 4) is 0 Å². The average Bonchev–Trinajstić information content (AvgIpc) is 2.63. The van der Waals surface area contributed by atoms with Crippen molar-refractivity contribution >= 4 is 5.78 Å². The molecule has 1 saturated heterocycles. The molecule has 2 heteroatoms. The molecule has 0 saturated carbocycles. The fourth-order valence-corrected chi connectivity index (χ4v) is 0.630. The van der Waals surface area contributed by atoms with E-state index in [-0.39, 0.29) is 11.9 Å². The first-order chi connectivity index (χ1) is 4.34. The van der Waals surface area contributed by atoms with Crippen LogP contribution in [0.25, 0.3) is 0 Å². The molecule has 0 aromatic heterocycles. The molecule has 0 amide bonds. The van der Waals surface area contributed by atoms with Crippen LogP contribution in [0.1, 0.15) is 19.8 Å². The highest BCUT2D eigenvalue weighted by atomic mass is 16.6. The molecule has 0 aromatic carbocycles. The first-order valence-electron chi connectivity index (χ1n) is 3.33. The number of unbranched alkanes of at least 4 members (excludes halogenated alkanes) is 1. The monoisotopic (exact) mass is 127 g/mol. The number of epoxide rings is 1. The molecular formula is C7H11O2. The molecule has 51 valence electrons. The van der Waals surface area contributed by atoms with Crippen LogP contribution in [-0.2, 0) is 9.53 Å². The van der Waals surface area contributed by atoms with E-state index in [2.05, 4.69) is 6.92 Å². The van der Waals surface area contributed by atoms with Crippen molar-refractivity contribution in [3.63, 3.8) is 0 Å². The molecule has 0 aromatic rings. The minimum absolute atomic E-state index is 0.0726. The van der Waals surface area contributed by atoms with Crippen molar-refractivity contribution in [2.45, 2.75) is 25.9 Å². The van der Waals surface area contributed by atoms with Gasteiger partial charge in [0.25, 0.3) is 0 Å². The Labute approximate surface area is 55.2 Å². The second-order valence-electron chi connectivity index (χ2n) is 2.22. The van der Waals surface area contributed by atoms with E-state index in [1.807, 2.05) is 0 Å². The van der Waals surface area contributed by atoms with Crippen LogP contribution < -0.4 is 0 Å². The summed E-state index contributed by atoms with van der Waals surface area (Å²) in [7, 11) is 0. The molecule has 1 atom stereocenters. The maximum Gasteiger partial charge on any atom is 0.167 e. The van der Waals surface area contributed by atoms with E-state index in [0.29, 0.717) is 6.61 Å². The number of Topliss-reactive ketones (excluding diaryl/α,β-unsaturated/α-hetero) is 1. The van der Waals surface area contributed by atoms with E-state index in [1.54, 1.807) is 6.42 Å². The van der Waals surface area contributed by atoms with Crippen LogP contribution in [0.4, 0.5) is 0 Å². The second kappa shape index (κ2) is 2.97. The predicted molar refractivity (Wildman–Crippen MR) is 34.0 cm³/mol. The molecule has 1 aliphatic rings. The summed E-state index contributed by atoms with van der Waals surface area (Å²) in [4.78, 5) is 10.8. The Hall–Kier alpha value is -0.370. The maximum atomic E-state index is 10.8. The van der Waals surface area contributed by atoms with Gasteiger partial charge in [0.2, 0.25) is 0 Å². The lowest BCUT2D eigenvalue weighted by Crippen LogP contribution is -2.06. The zero-order chi connectivity index (χ0) is 6.69. The fraction of sp³-hybridized carbons (Fsp3) is 0.714. The Morgan fingerprint density at radius 3 is 3.00 bits per heavy atom. The average molecular weight is 127 g/mol. The summed E-state index contributed by atoms with van der Waals surface area (Å²) in [6, 6.07) is 0. The highest BCUT2D eigenvalue weighted by Gasteiger charge is 2.29. The van der Waals surface area contributed by atoms with Gasteiger partial charge in [-0.25, -0.2) is 0 Å². The molecule has 9 heavy (non-hydrogen) atoms. The summed E-state index contributed by atoms with van der Waals surface area (Å²) >= 11 is 0. The minimum atomic E-state index is -0.0726. The number of ether oxygens (including phenoxy) is 1. The second-order valence-corrected chi connectivity index (χ2v) is 2.22. The number of hydrogen-bond donors (Lipinski definition) is 0. The highest BCUT2D eigenvalue weighted by Crippen LogP contribution is 2.12. The molecule has 1 heterocycles. The van der Waals surface area contributed by atoms with Gasteiger partial charge in [0.15, 0.2) is 5.78 Å². The lowest BCUT2D eigenvalue weighted by atomic mass is 10.1.